The van der Waals surface area contributed by atoms with Crippen molar-refractivity contribution in [3.63, 3.8) is 0 Å². The number of hydrogen-bond acceptors (Lipinski definition) is 4. The maximum atomic E-state index is 9.10. The monoisotopic (exact) mass is 309 g/mol. The quantitative estimate of drug-likeness (QED) is 0.492. The number of rotatable bonds is 4. The molecule has 0 atom stereocenters. The molecule has 0 saturated carbocycles. The molecule has 106 valence electrons. The molecule has 0 unspecified atom stereocenters. The van der Waals surface area contributed by atoms with E-state index in [1.807, 2.05) is 6.07 Å². The largest absolute Gasteiger partial charge is 0.473 e. The molecule has 0 aliphatic heterocycles. The summed E-state index contributed by atoms with van der Waals surface area (Å²) in [6.45, 7) is 1.35. The van der Waals surface area contributed by atoms with E-state index in [9.17, 15) is 0 Å². The Balaban J connectivity index is 0.000000459. The molecular weight excluding hydrogens is 297 g/mol. The molecule has 19 heavy (non-hydrogen) atoms. The number of hydrogen-bond donors (Lipinski definition) is 4. The maximum Gasteiger partial charge on any atom is 0.414 e. The third kappa shape index (κ3) is 8.39. The number of nitrogens with one attached hydrogen (secondary N) is 1. The zero-order valence-electron chi connectivity index (χ0n) is 9.77. The highest BCUT2D eigenvalue weighted by Gasteiger charge is 2.04. The fourth-order valence-electron chi connectivity index (χ4n) is 0.967. The fraction of sp³-hybridized carbons (Fsp3) is 0.273. The molecule has 1 rings (SSSR count). The van der Waals surface area contributed by atoms with Crippen LogP contribution in [0.25, 0.3) is 0 Å². The Kier molecular flexibility index (Phi) is 8.90. The van der Waals surface area contributed by atoms with E-state index in [1.54, 1.807) is 12.1 Å². The van der Waals surface area contributed by atoms with Gasteiger partial charge in [-0.3, -0.25) is 0 Å². The van der Waals surface area contributed by atoms with Crippen molar-refractivity contribution in [1.82, 2.24) is 5.32 Å². The minimum Gasteiger partial charge on any atom is -0.473 e. The van der Waals surface area contributed by atoms with Crippen LogP contribution in [0, 0.1) is 0 Å². The molecule has 0 bridgehead atoms. The van der Waals surface area contributed by atoms with E-state index in [0.29, 0.717) is 23.1 Å². The first-order valence-electron chi connectivity index (χ1n) is 5.10. The molecule has 4 N–H and O–H groups in total. The molecule has 8 heteroatoms. The molecule has 0 fully saturated rings. The minimum atomic E-state index is -1.82. The van der Waals surface area contributed by atoms with Gasteiger partial charge in [-0.05, 0) is 17.7 Å². The average Bonchev–Trinajstić information content (AvgIpc) is 2.33. The summed E-state index contributed by atoms with van der Waals surface area (Å²) in [5.74, 6) is -3.65. The van der Waals surface area contributed by atoms with Crippen LogP contribution in [0.1, 0.15) is 5.56 Å². The Bertz CT molecular complexity index is 427. The van der Waals surface area contributed by atoms with Crippen molar-refractivity contribution in [3.8, 4) is 0 Å². The molecule has 0 heterocycles. The molecule has 0 saturated heterocycles. The van der Waals surface area contributed by atoms with E-state index in [1.165, 1.54) is 0 Å². The summed E-state index contributed by atoms with van der Waals surface area (Å²) >= 11 is 11.7. The highest BCUT2D eigenvalue weighted by Crippen LogP contribution is 2.20. The summed E-state index contributed by atoms with van der Waals surface area (Å²) in [5.41, 5.74) is 0.986. The van der Waals surface area contributed by atoms with Gasteiger partial charge in [0.2, 0.25) is 0 Å². The van der Waals surface area contributed by atoms with Gasteiger partial charge in [-0.25, -0.2) is 9.59 Å². The molecular formula is C11H13Cl2NO5. The third-order valence-corrected chi connectivity index (χ3v) is 2.39. The fourth-order valence-corrected chi connectivity index (χ4v) is 1.44. The summed E-state index contributed by atoms with van der Waals surface area (Å²) in [6.07, 6.45) is 0. The normalized spacial score (nSPS) is 9.42. The smallest absolute Gasteiger partial charge is 0.414 e. The summed E-state index contributed by atoms with van der Waals surface area (Å²) in [6, 6.07) is 5.37. The van der Waals surface area contributed by atoms with Crippen molar-refractivity contribution in [3.05, 3.63) is 33.8 Å². The van der Waals surface area contributed by atoms with Gasteiger partial charge in [0.25, 0.3) is 0 Å². The van der Waals surface area contributed by atoms with Crippen LogP contribution in [0.4, 0.5) is 0 Å². The predicted octanol–water partition coefficient (Wildman–Crippen LogP) is 1.23. The van der Waals surface area contributed by atoms with Gasteiger partial charge < -0.3 is 20.6 Å². The number of aliphatic hydroxyl groups excluding tert-OH is 1. The topological polar surface area (TPSA) is 107 Å². The Labute approximate surface area is 119 Å². The third-order valence-electron chi connectivity index (χ3n) is 1.80. The molecule has 0 aliphatic carbocycles. The van der Waals surface area contributed by atoms with Crippen molar-refractivity contribution < 1.29 is 24.9 Å². The van der Waals surface area contributed by atoms with Crippen LogP contribution >= 0.6 is 23.2 Å². The second-order valence-corrected chi connectivity index (χ2v) is 4.09. The van der Waals surface area contributed by atoms with E-state index in [4.69, 9.17) is 48.1 Å². The van der Waals surface area contributed by atoms with Gasteiger partial charge in [-0.2, -0.15) is 0 Å². The lowest BCUT2D eigenvalue weighted by atomic mass is 10.2. The van der Waals surface area contributed by atoms with Crippen molar-refractivity contribution in [2.75, 3.05) is 13.2 Å². The first-order chi connectivity index (χ1) is 8.88. The summed E-state index contributed by atoms with van der Waals surface area (Å²) < 4.78 is 0. The van der Waals surface area contributed by atoms with Crippen LogP contribution in [0.5, 0.6) is 0 Å². The zero-order chi connectivity index (χ0) is 14.8. The number of carbonyl (C=O) groups is 2. The Morgan fingerprint density at radius 1 is 1.16 bits per heavy atom. The first-order valence-corrected chi connectivity index (χ1v) is 5.85. The van der Waals surface area contributed by atoms with Crippen molar-refractivity contribution in [1.29, 1.82) is 0 Å². The van der Waals surface area contributed by atoms with Crippen molar-refractivity contribution in [2.45, 2.75) is 6.54 Å². The van der Waals surface area contributed by atoms with Crippen molar-refractivity contribution in [2.24, 2.45) is 0 Å². The molecule has 0 aromatic heterocycles. The van der Waals surface area contributed by atoms with Crippen molar-refractivity contribution >= 4 is 35.1 Å². The molecule has 0 radical (unpaired) electrons. The average molecular weight is 310 g/mol. The summed E-state index contributed by atoms with van der Waals surface area (Å²) in [4.78, 5) is 18.2. The van der Waals surface area contributed by atoms with E-state index in [0.717, 1.165) is 5.56 Å². The Morgan fingerprint density at radius 2 is 1.74 bits per heavy atom. The van der Waals surface area contributed by atoms with E-state index in [-0.39, 0.29) is 6.61 Å². The van der Waals surface area contributed by atoms with Gasteiger partial charge in [0.1, 0.15) is 0 Å². The van der Waals surface area contributed by atoms with Gasteiger partial charge in [0.05, 0.1) is 6.61 Å². The minimum absolute atomic E-state index is 0.130. The van der Waals surface area contributed by atoms with Gasteiger partial charge in [-0.1, -0.05) is 29.3 Å². The number of benzene rings is 1. The molecule has 0 amide bonds. The number of aliphatic carboxylic acids is 2. The van der Waals surface area contributed by atoms with Crippen LogP contribution < -0.4 is 5.32 Å². The lowest BCUT2D eigenvalue weighted by Crippen LogP contribution is -2.17. The van der Waals surface area contributed by atoms with Gasteiger partial charge in [0.15, 0.2) is 0 Å². The second kappa shape index (κ2) is 9.57. The lowest BCUT2D eigenvalue weighted by Gasteiger charge is -2.05. The summed E-state index contributed by atoms with van der Waals surface area (Å²) in [5, 5.41) is 27.6. The van der Waals surface area contributed by atoms with Crippen LogP contribution in [0.3, 0.4) is 0 Å². The predicted molar refractivity (Wildman–Crippen MR) is 70.5 cm³/mol. The van der Waals surface area contributed by atoms with E-state index >= 15 is 0 Å². The standard InChI is InChI=1S/C9H11Cl2NO.C2H2O4/c10-8-2-1-7(9(11)5-8)6-12-3-4-13;3-1(4)2(5)6/h1-2,5,12-13H,3-4,6H2;(H,3,4)(H,5,6). The lowest BCUT2D eigenvalue weighted by molar-refractivity contribution is -0.159. The maximum absolute atomic E-state index is 9.10. The molecule has 0 aliphatic rings. The SMILES string of the molecule is O=C(O)C(=O)O.OCCNCc1ccc(Cl)cc1Cl. The first kappa shape index (κ1) is 17.7. The Morgan fingerprint density at radius 3 is 2.16 bits per heavy atom. The van der Waals surface area contributed by atoms with Gasteiger partial charge in [-0.15, -0.1) is 0 Å². The van der Waals surface area contributed by atoms with Crippen LogP contribution in [-0.2, 0) is 16.1 Å². The van der Waals surface area contributed by atoms with Gasteiger partial charge >= 0.3 is 11.9 Å². The number of carboxylic acids is 2. The molecule has 1 aromatic carbocycles. The summed E-state index contributed by atoms with van der Waals surface area (Å²) in [7, 11) is 0. The molecule has 1 aromatic rings. The zero-order valence-corrected chi connectivity index (χ0v) is 11.3. The molecule has 6 nitrogen and oxygen atoms in total. The number of carboxylic acid groups (broad SMARTS) is 2. The van der Waals surface area contributed by atoms with Crippen LogP contribution in [0.15, 0.2) is 18.2 Å². The number of aliphatic hydroxyl groups is 1. The van der Waals surface area contributed by atoms with Crippen LogP contribution in [-0.4, -0.2) is 40.4 Å². The van der Waals surface area contributed by atoms with E-state index in [2.05, 4.69) is 5.32 Å². The van der Waals surface area contributed by atoms with Gasteiger partial charge in [0, 0.05) is 23.1 Å². The number of halogens is 2. The highest BCUT2D eigenvalue weighted by atomic mass is 35.5. The molecule has 0 spiro atoms. The van der Waals surface area contributed by atoms with Crippen LogP contribution in [0.2, 0.25) is 10.0 Å². The Hall–Kier alpha value is -1.34. The highest BCUT2D eigenvalue weighted by molar-refractivity contribution is 6.35. The second-order valence-electron chi connectivity index (χ2n) is 3.25. The van der Waals surface area contributed by atoms with E-state index < -0.39 is 11.9 Å².